The predicted molar refractivity (Wildman–Crippen MR) is 102 cm³/mol. The van der Waals surface area contributed by atoms with Gasteiger partial charge in [-0.15, -0.1) is 0 Å². The second kappa shape index (κ2) is 8.63. The van der Waals surface area contributed by atoms with Gasteiger partial charge in [-0.05, 0) is 42.3 Å². The van der Waals surface area contributed by atoms with Crippen LogP contribution in [0.5, 0.6) is 0 Å². The van der Waals surface area contributed by atoms with Gasteiger partial charge < -0.3 is 9.80 Å². The minimum atomic E-state index is -0.0550. The average Bonchev–Trinajstić information content (AvgIpc) is 2.92. The summed E-state index contributed by atoms with van der Waals surface area (Å²) in [4.78, 5) is 32.5. The standard InChI is InChI=1S/C20H20ClN3O2/c21-18-6-1-4-16(14-18)7-8-19(25)23-10-3-11-24(13-12-23)20(26)17-5-2-9-22-15-17/h1-2,4-9,14-15H,3,10-13H2/b8-7+. The first kappa shape index (κ1) is 18.1. The van der Waals surface area contributed by atoms with Gasteiger partial charge in [0.2, 0.25) is 5.91 Å². The Kier molecular flexibility index (Phi) is 6.02. The van der Waals surface area contributed by atoms with E-state index in [0.717, 1.165) is 12.0 Å². The van der Waals surface area contributed by atoms with Crippen molar-refractivity contribution >= 4 is 29.5 Å². The molecule has 2 heterocycles. The molecule has 2 aromatic rings. The molecule has 3 rings (SSSR count). The van der Waals surface area contributed by atoms with Crippen LogP contribution in [-0.2, 0) is 4.79 Å². The molecule has 0 N–H and O–H groups in total. The summed E-state index contributed by atoms with van der Waals surface area (Å²) in [5.74, 6) is -0.0949. The van der Waals surface area contributed by atoms with E-state index in [-0.39, 0.29) is 11.8 Å². The number of amides is 2. The van der Waals surface area contributed by atoms with Gasteiger partial charge in [-0.3, -0.25) is 14.6 Å². The van der Waals surface area contributed by atoms with Crippen LogP contribution >= 0.6 is 11.6 Å². The molecule has 1 aliphatic heterocycles. The van der Waals surface area contributed by atoms with Gasteiger partial charge in [0, 0.05) is 49.7 Å². The van der Waals surface area contributed by atoms with Crippen molar-refractivity contribution in [2.45, 2.75) is 6.42 Å². The highest BCUT2D eigenvalue weighted by Gasteiger charge is 2.21. The molecular formula is C20H20ClN3O2. The van der Waals surface area contributed by atoms with Gasteiger partial charge in [-0.2, -0.15) is 0 Å². The average molecular weight is 370 g/mol. The number of hydrogen-bond acceptors (Lipinski definition) is 3. The summed E-state index contributed by atoms with van der Waals surface area (Å²) in [5.41, 5.74) is 1.46. The van der Waals surface area contributed by atoms with Crippen molar-refractivity contribution in [2.75, 3.05) is 26.2 Å². The normalized spacial score (nSPS) is 15.1. The Bertz CT molecular complexity index is 808. The number of aromatic nitrogens is 1. The molecule has 0 bridgehead atoms. The third kappa shape index (κ3) is 4.70. The Morgan fingerprint density at radius 2 is 1.85 bits per heavy atom. The van der Waals surface area contributed by atoms with E-state index in [1.54, 1.807) is 52.5 Å². The predicted octanol–water partition coefficient (Wildman–Crippen LogP) is 3.12. The molecule has 0 saturated carbocycles. The third-order valence-corrected chi connectivity index (χ3v) is 4.51. The van der Waals surface area contributed by atoms with Crippen molar-refractivity contribution in [2.24, 2.45) is 0 Å². The molecule has 1 aromatic heterocycles. The van der Waals surface area contributed by atoms with Crippen LogP contribution in [0.2, 0.25) is 5.02 Å². The summed E-state index contributed by atoms with van der Waals surface area (Å²) < 4.78 is 0. The molecule has 0 atom stereocenters. The first-order valence-corrected chi connectivity index (χ1v) is 8.93. The maximum atomic E-state index is 12.5. The second-order valence-electron chi connectivity index (χ2n) is 6.10. The van der Waals surface area contributed by atoms with E-state index in [1.165, 1.54) is 0 Å². The van der Waals surface area contributed by atoms with E-state index >= 15 is 0 Å². The Labute approximate surface area is 157 Å². The first-order chi connectivity index (χ1) is 12.6. The summed E-state index contributed by atoms with van der Waals surface area (Å²) in [5, 5.41) is 0.638. The lowest BCUT2D eigenvalue weighted by molar-refractivity contribution is -0.125. The zero-order valence-corrected chi connectivity index (χ0v) is 15.1. The van der Waals surface area contributed by atoms with Crippen LogP contribution in [0.15, 0.2) is 54.9 Å². The van der Waals surface area contributed by atoms with Crippen LogP contribution in [0.25, 0.3) is 6.08 Å². The van der Waals surface area contributed by atoms with Gasteiger partial charge in [0.05, 0.1) is 5.56 Å². The molecule has 1 aromatic carbocycles. The lowest BCUT2D eigenvalue weighted by Crippen LogP contribution is -2.36. The molecule has 26 heavy (non-hydrogen) atoms. The number of hydrogen-bond donors (Lipinski definition) is 0. The number of pyridine rings is 1. The van der Waals surface area contributed by atoms with E-state index in [2.05, 4.69) is 4.98 Å². The summed E-state index contributed by atoms with van der Waals surface area (Å²) in [6, 6.07) is 10.9. The van der Waals surface area contributed by atoms with Crippen LogP contribution in [0.1, 0.15) is 22.3 Å². The fraction of sp³-hybridized carbons (Fsp3) is 0.250. The summed E-state index contributed by atoms with van der Waals surface area (Å²) in [6.45, 7) is 2.31. The van der Waals surface area contributed by atoms with Crippen molar-refractivity contribution in [3.05, 3.63) is 71.0 Å². The van der Waals surface area contributed by atoms with E-state index in [9.17, 15) is 9.59 Å². The lowest BCUT2D eigenvalue weighted by Gasteiger charge is -2.21. The highest BCUT2D eigenvalue weighted by Crippen LogP contribution is 2.13. The summed E-state index contributed by atoms with van der Waals surface area (Å²) in [6.07, 6.45) is 7.29. The van der Waals surface area contributed by atoms with Gasteiger partial charge in [0.1, 0.15) is 0 Å². The second-order valence-corrected chi connectivity index (χ2v) is 6.54. The molecule has 1 saturated heterocycles. The first-order valence-electron chi connectivity index (χ1n) is 8.55. The largest absolute Gasteiger partial charge is 0.337 e. The molecule has 2 amide bonds. The Morgan fingerprint density at radius 3 is 2.62 bits per heavy atom. The highest BCUT2D eigenvalue weighted by molar-refractivity contribution is 6.30. The molecule has 0 spiro atoms. The quantitative estimate of drug-likeness (QED) is 0.781. The third-order valence-electron chi connectivity index (χ3n) is 4.27. The Hall–Kier alpha value is -2.66. The van der Waals surface area contributed by atoms with Gasteiger partial charge in [0.25, 0.3) is 5.91 Å². The molecule has 1 aliphatic rings. The molecule has 0 aliphatic carbocycles. The molecule has 134 valence electrons. The van der Waals surface area contributed by atoms with Crippen molar-refractivity contribution in [3.63, 3.8) is 0 Å². The van der Waals surface area contributed by atoms with Gasteiger partial charge in [-0.1, -0.05) is 23.7 Å². The molecule has 0 unspecified atom stereocenters. The van der Waals surface area contributed by atoms with Crippen molar-refractivity contribution < 1.29 is 9.59 Å². The van der Waals surface area contributed by atoms with Crippen molar-refractivity contribution in [1.29, 1.82) is 0 Å². The number of rotatable bonds is 3. The van der Waals surface area contributed by atoms with Gasteiger partial charge in [-0.25, -0.2) is 0 Å². The molecule has 1 fully saturated rings. The van der Waals surface area contributed by atoms with Crippen LogP contribution in [-0.4, -0.2) is 52.8 Å². The molecular weight excluding hydrogens is 350 g/mol. The van der Waals surface area contributed by atoms with Crippen molar-refractivity contribution in [3.8, 4) is 0 Å². The highest BCUT2D eigenvalue weighted by atomic mass is 35.5. The van der Waals surface area contributed by atoms with Crippen LogP contribution < -0.4 is 0 Å². The molecule has 6 heteroatoms. The maximum absolute atomic E-state index is 12.5. The number of carbonyl (C=O) groups is 2. The topological polar surface area (TPSA) is 53.5 Å². The lowest BCUT2D eigenvalue weighted by atomic mass is 10.2. The van der Waals surface area contributed by atoms with E-state index < -0.39 is 0 Å². The fourth-order valence-corrected chi connectivity index (χ4v) is 3.09. The maximum Gasteiger partial charge on any atom is 0.255 e. The monoisotopic (exact) mass is 369 g/mol. The fourth-order valence-electron chi connectivity index (χ4n) is 2.90. The Morgan fingerprint density at radius 1 is 1.04 bits per heavy atom. The van der Waals surface area contributed by atoms with E-state index in [4.69, 9.17) is 11.6 Å². The van der Waals surface area contributed by atoms with Gasteiger partial charge >= 0.3 is 0 Å². The van der Waals surface area contributed by atoms with E-state index in [0.29, 0.717) is 36.8 Å². The van der Waals surface area contributed by atoms with Gasteiger partial charge in [0.15, 0.2) is 0 Å². The van der Waals surface area contributed by atoms with Crippen LogP contribution in [0.4, 0.5) is 0 Å². The van der Waals surface area contributed by atoms with E-state index in [1.807, 2.05) is 18.2 Å². The number of carbonyl (C=O) groups excluding carboxylic acids is 2. The number of halogens is 1. The smallest absolute Gasteiger partial charge is 0.255 e. The Balaban J connectivity index is 1.59. The molecule has 0 radical (unpaired) electrons. The van der Waals surface area contributed by atoms with Crippen molar-refractivity contribution in [1.82, 2.24) is 14.8 Å². The zero-order chi connectivity index (χ0) is 18.4. The summed E-state index contributed by atoms with van der Waals surface area (Å²) in [7, 11) is 0. The van der Waals surface area contributed by atoms with Crippen LogP contribution in [0.3, 0.4) is 0 Å². The summed E-state index contributed by atoms with van der Waals surface area (Å²) >= 11 is 5.96. The zero-order valence-electron chi connectivity index (χ0n) is 14.3. The molecule has 5 nitrogen and oxygen atoms in total. The SMILES string of the molecule is O=C(/C=C/c1cccc(Cl)c1)N1CCCN(C(=O)c2cccnc2)CC1. The number of nitrogens with zero attached hydrogens (tertiary/aromatic N) is 3. The minimum Gasteiger partial charge on any atom is -0.337 e. The van der Waals surface area contributed by atoms with Crippen LogP contribution in [0, 0.1) is 0 Å². The number of benzene rings is 1. The minimum absolute atomic E-state index is 0.0399.